The van der Waals surface area contributed by atoms with E-state index in [2.05, 4.69) is 37.1 Å². The first kappa shape index (κ1) is 20.8. The van der Waals surface area contributed by atoms with E-state index < -0.39 is 6.10 Å². The van der Waals surface area contributed by atoms with Crippen molar-refractivity contribution in [1.29, 1.82) is 0 Å². The van der Waals surface area contributed by atoms with E-state index in [9.17, 15) is 4.79 Å². The summed E-state index contributed by atoms with van der Waals surface area (Å²) in [5, 5.41) is 3.06. The Kier molecular flexibility index (Phi) is 7.95. The maximum atomic E-state index is 12.5. The van der Waals surface area contributed by atoms with Gasteiger partial charge < -0.3 is 15.0 Å². The number of hydrogen-bond donors (Lipinski definition) is 1. The Labute approximate surface area is 159 Å². The Morgan fingerprint density at radius 1 is 1.27 bits per heavy atom. The van der Waals surface area contributed by atoms with Crippen LogP contribution in [-0.2, 0) is 4.79 Å². The molecule has 0 aliphatic carbocycles. The molecule has 0 radical (unpaired) electrons. The summed E-state index contributed by atoms with van der Waals surface area (Å²) in [6.07, 6.45) is 2.57. The van der Waals surface area contributed by atoms with Gasteiger partial charge in [-0.25, -0.2) is 0 Å². The molecule has 0 spiro atoms. The zero-order valence-corrected chi connectivity index (χ0v) is 17.2. The Hall–Kier alpha value is -1.55. The number of aryl methyl sites for hydroxylation is 1. The van der Waals surface area contributed by atoms with Crippen LogP contribution in [0, 0.1) is 25.7 Å². The summed E-state index contributed by atoms with van der Waals surface area (Å²) in [6, 6.07) is 5.98. The van der Waals surface area contributed by atoms with E-state index in [1.165, 1.54) is 25.1 Å². The summed E-state index contributed by atoms with van der Waals surface area (Å²) in [5.74, 6) is 2.37. The van der Waals surface area contributed by atoms with Crippen molar-refractivity contribution in [3.8, 4) is 5.75 Å². The van der Waals surface area contributed by atoms with Gasteiger partial charge in [0.05, 0.1) is 0 Å². The molecule has 1 aromatic carbocycles. The first-order valence-electron chi connectivity index (χ1n) is 10.1. The van der Waals surface area contributed by atoms with Crippen molar-refractivity contribution in [2.45, 2.75) is 60.0 Å². The lowest BCUT2D eigenvalue weighted by Crippen LogP contribution is -2.42. The highest BCUT2D eigenvalue weighted by Crippen LogP contribution is 2.23. The molecule has 1 aromatic rings. The third-order valence-corrected chi connectivity index (χ3v) is 5.38. The van der Waals surface area contributed by atoms with E-state index >= 15 is 0 Å². The van der Waals surface area contributed by atoms with E-state index in [0.29, 0.717) is 13.0 Å². The van der Waals surface area contributed by atoms with Gasteiger partial charge >= 0.3 is 0 Å². The van der Waals surface area contributed by atoms with Crippen LogP contribution in [0.25, 0.3) is 0 Å². The summed E-state index contributed by atoms with van der Waals surface area (Å²) in [5.41, 5.74) is 2.29. The zero-order chi connectivity index (χ0) is 19.1. The number of amides is 1. The van der Waals surface area contributed by atoms with Gasteiger partial charge in [-0.05, 0) is 68.7 Å². The minimum atomic E-state index is -0.425. The normalized spacial score (nSPS) is 22.0. The van der Waals surface area contributed by atoms with Crippen LogP contribution in [0.3, 0.4) is 0 Å². The molecule has 1 fully saturated rings. The van der Waals surface area contributed by atoms with E-state index in [4.69, 9.17) is 4.74 Å². The van der Waals surface area contributed by atoms with Gasteiger partial charge in [-0.3, -0.25) is 4.79 Å². The average Bonchev–Trinajstić information content (AvgIpc) is 2.59. The predicted octanol–water partition coefficient (Wildman–Crippen LogP) is 3.95. The van der Waals surface area contributed by atoms with Crippen molar-refractivity contribution in [1.82, 2.24) is 10.2 Å². The minimum Gasteiger partial charge on any atom is -0.480 e. The Morgan fingerprint density at radius 3 is 2.62 bits per heavy atom. The maximum absolute atomic E-state index is 12.5. The molecule has 4 heteroatoms. The van der Waals surface area contributed by atoms with Crippen molar-refractivity contribution in [3.05, 3.63) is 29.3 Å². The van der Waals surface area contributed by atoms with Crippen molar-refractivity contribution in [2.75, 3.05) is 26.2 Å². The summed E-state index contributed by atoms with van der Waals surface area (Å²) >= 11 is 0. The number of benzene rings is 1. The molecule has 146 valence electrons. The van der Waals surface area contributed by atoms with Crippen molar-refractivity contribution < 1.29 is 9.53 Å². The van der Waals surface area contributed by atoms with Crippen LogP contribution in [0.2, 0.25) is 0 Å². The molecule has 1 aliphatic rings. The Morgan fingerprint density at radius 2 is 1.96 bits per heavy atom. The largest absolute Gasteiger partial charge is 0.480 e. The summed E-state index contributed by atoms with van der Waals surface area (Å²) in [6.45, 7) is 14.9. The molecule has 0 aromatic heterocycles. The van der Waals surface area contributed by atoms with Crippen molar-refractivity contribution >= 4 is 5.91 Å². The average molecular weight is 361 g/mol. The number of likely N-dealkylation sites (tertiary alicyclic amines) is 1. The van der Waals surface area contributed by atoms with E-state index in [1.54, 1.807) is 0 Å². The standard InChI is InChI=1S/C22H36N2O2/c1-6-20(26-21-10-7-9-18(4)19(21)5)22(25)23-11-8-12-24-14-16(2)13-17(3)15-24/h7,9-10,16-17,20H,6,8,11-15H2,1-5H3,(H,23,25). The molecule has 1 N–H and O–H groups in total. The SMILES string of the molecule is CCC(Oc1cccc(C)c1C)C(=O)NCCCN1CC(C)CC(C)C1. The van der Waals surface area contributed by atoms with Crippen LogP contribution < -0.4 is 10.1 Å². The third-order valence-electron chi connectivity index (χ3n) is 5.38. The number of piperidine rings is 1. The molecule has 4 nitrogen and oxygen atoms in total. The molecule has 0 saturated carbocycles. The summed E-state index contributed by atoms with van der Waals surface area (Å²) < 4.78 is 5.99. The molecule has 26 heavy (non-hydrogen) atoms. The van der Waals surface area contributed by atoms with Crippen molar-refractivity contribution in [2.24, 2.45) is 11.8 Å². The molecule has 1 saturated heterocycles. The molecular formula is C22H36N2O2. The fourth-order valence-electron chi connectivity index (χ4n) is 3.93. The van der Waals surface area contributed by atoms with Crippen LogP contribution in [0.1, 0.15) is 51.2 Å². The molecule has 0 bridgehead atoms. The van der Waals surface area contributed by atoms with Crippen molar-refractivity contribution in [3.63, 3.8) is 0 Å². The van der Waals surface area contributed by atoms with Gasteiger partial charge in [0.25, 0.3) is 5.91 Å². The Balaban J connectivity index is 1.76. The third kappa shape index (κ3) is 6.01. The van der Waals surface area contributed by atoms with Gasteiger partial charge in [0.15, 0.2) is 6.10 Å². The van der Waals surface area contributed by atoms with Crippen LogP contribution in [0.4, 0.5) is 0 Å². The molecule has 2 rings (SSSR count). The second-order valence-corrected chi connectivity index (χ2v) is 8.06. The first-order valence-corrected chi connectivity index (χ1v) is 10.1. The van der Waals surface area contributed by atoms with Gasteiger partial charge in [0.1, 0.15) is 5.75 Å². The molecule has 3 unspecified atom stereocenters. The highest BCUT2D eigenvalue weighted by Gasteiger charge is 2.22. The number of carbonyl (C=O) groups excluding carboxylic acids is 1. The maximum Gasteiger partial charge on any atom is 0.261 e. The van der Waals surface area contributed by atoms with E-state index in [-0.39, 0.29) is 5.91 Å². The number of ether oxygens (including phenoxy) is 1. The first-order chi connectivity index (χ1) is 12.4. The highest BCUT2D eigenvalue weighted by atomic mass is 16.5. The van der Waals surface area contributed by atoms with Gasteiger partial charge in [0, 0.05) is 19.6 Å². The lowest BCUT2D eigenvalue weighted by molar-refractivity contribution is -0.128. The molecular weight excluding hydrogens is 324 g/mol. The second-order valence-electron chi connectivity index (χ2n) is 8.06. The topological polar surface area (TPSA) is 41.6 Å². The minimum absolute atomic E-state index is 0.00575. The molecule has 3 atom stereocenters. The Bertz CT molecular complexity index is 578. The van der Waals surface area contributed by atoms with E-state index in [0.717, 1.165) is 36.1 Å². The molecule has 1 amide bonds. The predicted molar refractivity (Wildman–Crippen MR) is 108 cm³/mol. The molecule has 1 aliphatic heterocycles. The zero-order valence-electron chi connectivity index (χ0n) is 17.2. The van der Waals surface area contributed by atoms with Crippen LogP contribution in [-0.4, -0.2) is 43.1 Å². The fraction of sp³-hybridized carbons (Fsp3) is 0.682. The van der Waals surface area contributed by atoms with Crippen LogP contribution in [0.5, 0.6) is 5.75 Å². The number of nitrogens with zero attached hydrogens (tertiary/aromatic N) is 1. The van der Waals surface area contributed by atoms with Crippen LogP contribution in [0.15, 0.2) is 18.2 Å². The summed E-state index contributed by atoms with van der Waals surface area (Å²) in [7, 11) is 0. The lowest BCUT2D eigenvalue weighted by Gasteiger charge is -2.35. The van der Waals surface area contributed by atoms with Gasteiger partial charge in [-0.15, -0.1) is 0 Å². The number of nitrogens with one attached hydrogen (secondary N) is 1. The highest BCUT2D eigenvalue weighted by molar-refractivity contribution is 5.81. The quantitative estimate of drug-likeness (QED) is 0.714. The van der Waals surface area contributed by atoms with Crippen LogP contribution >= 0.6 is 0 Å². The number of rotatable bonds is 8. The van der Waals surface area contributed by atoms with Gasteiger partial charge in [-0.2, -0.15) is 0 Å². The van der Waals surface area contributed by atoms with Gasteiger partial charge in [-0.1, -0.05) is 32.9 Å². The lowest BCUT2D eigenvalue weighted by atomic mass is 9.92. The smallest absolute Gasteiger partial charge is 0.261 e. The fourth-order valence-corrected chi connectivity index (χ4v) is 3.93. The molecule has 1 heterocycles. The number of carbonyl (C=O) groups is 1. The second kappa shape index (κ2) is 9.96. The monoisotopic (exact) mass is 360 g/mol. The summed E-state index contributed by atoms with van der Waals surface area (Å²) in [4.78, 5) is 15.0. The number of hydrogen-bond acceptors (Lipinski definition) is 3. The van der Waals surface area contributed by atoms with Gasteiger partial charge in [0.2, 0.25) is 0 Å². The van der Waals surface area contributed by atoms with E-state index in [1.807, 2.05) is 26.0 Å².